The Balaban J connectivity index is 3.22. The SMILES string of the molecule is CCCCCCCCCCCCCCC=CC=C(C)C(N)=O. The molecule has 0 aliphatic carbocycles. The minimum Gasteiger partial charge on any atom is -0.366 e. The molecule has 0 aromatic rings. The van der Waals surface area contributed by atoms with Crippen molar-refractivity contribution in [3.8, 4) is 0 Å². The van der Waals surface area contributed by atoms with Gasteiger partial charge in [-0.1, -0.05) is 95.8 Å². The van der Waals surface area contributed by atoms with E-state index in [-0.39, 0.29) is 5.91 Å². The predicted molar refractivity (Wildman–Crippen MR) is 97.8 cm³/mol. The normalized spacial score (nSPS) is 12.2. The monoisotopic (exact) mass is 307 g/mol. The standard InChI is InChI=1S/C20H37NO/c1-3-4-5-6-7-8-9-10-11-12-13-14-15-16-17-18-19(2)20(21)22/h16-18H,3-15H2,1-2H3,(H2,21,22). The van der Waals surface area contributed by atoms with Crippen molar-refractivity contribution in [1.82, 2.24) is 0 Å². The van der Waals surface area contributed by atoms with Crippen molar-refractivity contribution in [1.29, 1.82) is 0 Å². The first-order valence-electron chi connectivity index (χ1n) is 9.31. The van der Waals surface area contributed by atoms with Gasteiger partial charge in [0.25, 0.3) is 0 Å². The molecule has 0 rings (SSSR count). The quantitative estimate of drug-likeness (QED) is 0.223. The highest BCUT2D eigenvalue weighted by Crippen LogP contribution is 2.12. The zero-order valence-corrected chi connectivity index (χ0v) is 14.9. The van der Waals surface area contributed by atoms with Crippen LogP contribution in [0.3, 0.4) is 0 Å². The van der Waals surface area contributed by atoms with Crippen LogP contribution in [-0.2, 0) is 4.79 Å². The lowest BCUT2D eigenvalue weighted by Gasteiger charge is -2.02. The lowest BCUT2D eigenvalue weighted by Crippen LogP contribution is -2.11. The molecule has 0 unspecified atom stereocenters. The molecule has 128 valence electrons. The molecule has 0 aromatic heterocycles. The summed E-state index contributed by atoms with van der Waals surface area (Å²) in [6.45, 7) is 4.02. The number of hydrogen-bond acceptors (Lipinski definition) is 1. The minimum absolute atomic E-state index is 0.338. The topological polar surface area (TPSA) is 43.1 Å². The molecule has 0 aromatic carbocycles. The number of unbranched alkanes of at least 4 members (excludes halogenated alkanes) is 12. The van der Waals surface area contributed by atoms with Crippen molar-refractivity contribution < 1.29 is 4.79 Å². The Morgan fingerprint density at radius 3 is 1.73 bits per heavy atom. The van der Waals surface area contributed by atoms with Gasteiger partial charge in [0.2, 0.25) is 5.91 Å². The van der Waals surface area contributed by atoms with Gasteiger partial charge in [0.15, 0.2) is 0 Å². The number of nitrogens with two attached hydrogens (primary N) is 1. The highest BCUT2D eigenvalue weighted by molar-refractivity contribution is 5.91. The summed E-state index contributed by atoms with van der Waals surface area (Å²) in [4.78, 5) is 10.8. The molecule has 22 heavy (non-hydrogen) atoms. The van der Waals surface area contributed by atoms with Crippen LogP contribution in [-0.4, -0.2) is 5.91 Å². The lowest BCUT2D eigenvalue weighted by atomic mass is 10.0. The summed E-state index contributed by atoms with van der Waals surface area (Å²) in [6.07, 6.45) is 23.6. The van der Waals surface area contributed by atoms with Crippen molar-refractivity contribution >= 4 is 5.91 Å². The van der Waals surface area contributed by atoms with Crippen LogP contribution in [0, 0.1) is 0 Å². The number of hydrogen-bond donors (Lipinski definition) is 1. The fourth-order valence-corrected chi connectivity index (χ4v) is 2.49. The van der Waals surface area contributed by atoms with Gasteiger partial charge in [0.1, 0.15) is 0 Å². The summed E-state index contributed by atoms with van der Waals surface area (Å²) in [5.74, 6) is -0.338. The van der Waals surface area contributed by atoms with Gasteiger partial charge in [-0.2, -0.15) is 0 Å². The van der Waals surface area contributed by atoms with Crippen molar-refractivity contribution in [2.24, 2.45) is 5.73 Å². The van der Waals surface area contributed by atoms with Crippen LogP contribution >= 0.6 is 0 Å². The predicted octanol–water partition coefficient (Wildman–Crippen LogP) is 6.07. The number of allylic oxidation sites excluding steroid dienone is 3. The molecule has 2 N–H and O–H groups in total. The Kier molecular flexibility index (Phi) is 15.5. The molecule has 0 fully saturated rings. The van der Waals surface area contributed by atoms with Gasteiger partial charge >= 0.3 is 0 Å². The summed E-state index contributed by atoms with van der Waals surface area (Å²) in [5, 5.41) is 0. The lowest BCUT2D eigenvalue weighted by molar-refractivity contribution is -0.114. The Bertz CT molecular complexity index is 318. The van der Waals surface area contributed by atoms with E-state index in [2.05, 4.69) is 13.0 Å². The van der Waals surface area contributed by atoms with Crippen molar-refractivity contribution in [3.63, 3.8) is 0 Å². The molecule has 0 saturated carbocycles. The van der Waals surface area contributed by atoms with Crippen LogP contribution in [0.15, 0.2) is 23.8 Å². The second-order valence-corrected chi connectivity index (χ2v) is 6.32. The second kappa shape index (κ2) is 16.3. The highest BCUT2D eigenvalue weighted by Gasteiger charge is 1.94. The smallest absolute Gasteiger partial charge is 0.244 e. The largest absolute Gasteiger partial charge is 0.366 e. The first-order valence-corrected chi connectivity index (χ1v) is 9.31. The number of amides is 1. The van der Waals surface area contributed by atoms with Gasteiger partial charge in [-0.15, -0.1) is 0 Å². The van der Waals surface area contributed by atoms with E-state index in [9.17, 15) is 4.79 Å². The van der Waals surface area contributed by atoms with E-state index in [0.29, 0.717) is 5.57 Å². The Morgan fingerprint density at radius 1 is 0.818 bits per heavy atom. The van der Waals surface area contributed by atoms with Crippen LogP contribution in [0.1, 0.15) is 97.3 Å². The number of rotatable bonds is 15. The third-order valence-corrected chi connectivity index (χ3v) is 4.10. The summed E-state index contributed by atoms with van der Waals surface area (Å²) in [6, 6.07) is 0. The molecular formula is C20H37NO. The average molecular weight is 308 g/mol. The molecule has 0 saturated heterocycles. The molecule has 0 bridgehead atoms. The molecule has 2 heteroatoms. The minimum atomic E-state index is -0.338. The van der Waals surface area contributed by atoms with E-state index in [1.54, 1.807) is 13.0 Å². The summed E-state index contributed by atoms with van der Waals surface area (Å²) < 4.78 is 0. The molecule has 0 atom stereocenters. The van der Waals surface area contributed by atoms with Gasteiger partial charge in [-0.05, 0) is 19.8 Å². The number of primary amides is 1. The van der Waals surface area contributed by atoms with Crippen molar-refractivity contribution in [3.05, 3.63) is 23.8 Å². The maximum Gasteiger partial charge on any atom is 0.244 e. The second-order valence-electron chi connectivity index (χ2n) is 6.32. The summed E-state index contributed by atoms with van der Waals surface area (Å²) in [5.41, 5.74) is 5.77. The Labute approximate surface area is 138 Å². The Morgan fingerprint density at radius 2 is 1.27 bits per heavy atom. The van der Waals surface area contributed by atoms with E-state index in [0.717, 1.165) is 6.42 Å². The zero-order chi connectivity index (χ0) is 16.5. The van der Waals surface area contributed by atoms with Crippen molar-refractivity contribution in [2.75, 3.05) is 0 Å². The third kappa shape index (κ3) is 15.3. The first kappa shape index (κ1) is 20.9. The number of carbonyl (C=O) groups excluding carboxylic acids is 1. The average Bonchev–Trinajstić information content (AvgIpc) is 2.50. The maximum atomic E-state index is 10.8. The fourth-order valence-electron chi connectivity index (χ4n) is 2.49. The van der Waals surface area contributed by atoms with E-state index in [1.807, 2.05) is 6.08 Å². The molecule has 0 aliphatic heterocycles. The van der Waals surface area contributed by atoms with E-state index in [1.165, 1.54) is 77.0 Å². The molecule has 0 radical (unpaired) electrons. The van der Waals surface area contributed by atoms with Crippen molar-refractivity contribution in [2.45, 2.75) is 97.3 Å². The van der Waals surface area contributed by atoms with Gasteiger partial charge in [0, 0.05) is 5.57 Å². The van der Waals surface area contributed by atoms with Crippen LogP contribution in [0.5, 0.6) is 0 Å². The molecule has 0 aliphatic rings. The maximum absolute atomic E-state index is 10.8. The molecular weight excluding hydrogens is 270 g/mol. The summed E-state index contributed by atoms with van der Waals surface area (Å²) >= 11 is 0. The first-order chi connectivity index (χ1) is 10.7. The Hall–Kier alpha value is -1.05. The molecule has 2 nitrogen and oxygen atoms in total. The van der Waals surface area contributed by atoms with Crippen LogP contribution in [0.2, 0.25) is 0 Å². The van der Waals surface area contributed by atoms with Gasteiger partial charge < -0.3 is 5.73 Å². The van der Waals surface area contributed by atoms with E-state index < -0.39 is 0 Å². The van der Waals surface area contributed by atoms with Crippen LogP contribution < -0.4 is 5.73 Å². The molecule has 0 spiro atoms. The number of carbonyl (C=O) groups is 1. The third-order valence-electron chi connectivity index (χ3n) is 4.10. The van der Waals surface area contributed by atoms with Crippen LogP contribution in [0.4, 0.5) is 0 Å². The molecule has 0 heterocycles. The molecule has 1 amide bonds. The van der Waals surface area contributed by atoms with Crippen LogP contribution in [0.25, 0.3) is 0 Å². The highest BCUT2D eigenvalue weighted by atomic mass is 16.1. The van der Waals surface area contributed by atoms with Gasteiger partial charge in [-0.3, -0.25) is 4.79 Å². The summed E-state index contributed by atoms with van der Waals surface area (Å²) in [7, 11) is 0. The fraction of sp³-hybridized carbons (Fsp3) is 0.750. The van der Waals surface area contributed by atoms with E-state index in [4.69, 9.17) is 5.73 Å². The zero-order valence-electron chi connectivity index (χ0n) is 14.9. The van der Waals surface area contributed by atoms with Gasteiger partial charge in [0.05, 0.1) is 0 Å². The van der Waals surface area contributed by atoms with Gasteiger partial charge in [-0.25, -0.2) is 0 Å². The van der Waals surface area contributed by atoms with E-state index >= 15 is 0 Å².